The molecule has 1 fully saturated rings. The van der Waals surface area contributed by atoms with Crippen LogP contribution in [0.5, 0.6) is 0 Å². The zero-order chi connectivity index (χ0) is 12.3. The molecule has 4 nitrogen and oxygen atoms in total. The summed E-state index contributed by atoms with van der Waals surface area (Å²) in [6, 6.07) is 0. The molecular formula is C13H27NO3. The Morgan fingerprint density at radius 1 is 1.06 bits per heavy atom. The molecule has 0 amide bonds. The van der Waals surface area contributed by atoms with E-state index in [1.54, 1.807) is 7.11 Å². The van der Waals surface area contributed by atoms with Crippen LogP contribution in [0.2, 0.25) is 0 Å². The standard InChI is InChI=1S/C13H27NO3/c1-3-6-14-7-4-13(5-8-14)17-12-11-16-10-9-15-2/h13H,3-12H2,1-2H3. The van der Waals surface area contributed by atoms with Gasteiger partial charge in [0.25, 0.3) is 0 Å². The maximum atomic E-state index is 5.80. The van der Waals surface area contributed by atoms with Crippen molar-refractivity contribution < 1.29 is 14.2 Å². The SMILES string of the molecule is CCCN1CCC(OCCOCCOC)CC1. The van der Waals surface area contributed by atoms with Gasteiger partial charge in [-0.15, -0.1) is 0 Å². The highest BCUT2D eigenvalue weighted by Crippen LogP contribution is 2.13. The minimum Gasteiger partial charge on any atom is -0.382 e. The average Bonchev–Trinajstić information content (AvgIpc) is 2.36. The maximum Gasteiger partial charge on any atom is 0.0704 e. The van der Waals surface area contributed by atoms with Gasteiger partial charge in [0.1, 0.15) is 0 Å². The highest BCUT2D eigenvalue weighted by atomic mass is 16.5. The summed E-state index contributed by atoms with van der Waals surface area (Å²) in [5, 5.41) is 0. The highest BCUT2D eigenvalue weighted by molar-refractivity contribution is 4.71. The van der Waals surface area contributed by atoms with Crippen molar-refractivity contribution in [2.75, 3.05) is 53.2 Å². The van der Waals surface area contributed by atoms with Crippen molar-refractivity contribution in [2.24, 2.45) is 0 Å². The lowest BCUT2D eigenvalue weighted by atomic mass is 10.1. The Kier molecular flexibility index (Phi) is 8.61. The fourth-order valence-corrected chi connectivity index (χ4v) is 2.13. The summed E-state index contributed by atoms with van der Waals surface area (Å²) < 4.78 is 16.1. The van der Waals surface area contributed by atoms with Crippen LogP contribution in [0, 0.1) is 0 Å². The topological polar surface area (TPSA) is 30.9 Å². The van der Waals surface area contributed by atoms with Gasteiger partial charge >= 0.3 is 0 Å². The van der Waals surface area contributed by atoms with E-state index in [1.807, 2.05) is 0 Å². The second-order valence-electron chi connectivity index (χ2n) is 4.52. The third kappa shape index (κ3) is 6.99. The highest BCUT2D eigenvalue weighted by Gasteiger charge is 2.18. The first-order valence-corrected chi connectivity index (χ1v) is 6.77. The first kappa shape index (κ1) is 14.9. The van der Waals surface area contributed by atoms with Crippen molar-refractivity contribution in [1.29, 1.82) is 0 Å². The van der Waals surface area contributed by atoms with Crippen LogP contribution >= 0.6 is 0 Å². The number of hydrogen-bond donors (Lipinski definition) is 0. The lowest BCUT2D eigenvalue weighted by Gasteiger charge is -2.31. The molecule has 1 aliphatic rings. The van der Waals surface area contributed by atoms with E-state index < -0.39 is 0 Å². The van der Waals surface area contributed by atoms with Crippen molar-refractivity contribution in [3.8, 4) is 0 Å². The largest absolute Gasteiger partial charge is 0.382 e. The van der Waals surface area contributed by atoms with Crippen LogP contribution in [0.15, 0.2) is 0 Å². The monoisotopic (exact) mass is 245 g/mol. The molecule has 17 heavy (non-hydrogen) atoms. The van der Waals surface area contributed by atoms with Gasteiger partial charge in [-0.1, -0.05) is 6.92 Å². The van der Waals surface area contributed by atoms with Gasteiger partial charge < -0.3 is 19.1 Å². The van der Waals surface area contributed by atoms with Gasteiger partial charge in [-0.05, 0) is 25.8 Å². The maximum absolute atomic E-state index is 5.80. The van der Waals surface area contributed by atoms with Crippen molar-refractivity contribution in [1.82, 2.24) is 4.90 Å². The Bertz CT molecular complexity index is 170. The van der Waals surface area contributed by atoms with Crippen LogP contribution in [0.1, 0.15) is 26.2 Å². The van der Waals surface area contributed by atoms with Crippen LogP contribution in [0.3, 0.4) is 0 Å². The van der Waals surface area contributed by atoms with Crippen molar-refractivity contribution in [3.63, 3.8) is 0 Å². The minimum atomic E-state index is 0.439. The molecule has 0 atom stereocenters. The lowest BCUT2D eigenvalue weighted by Crippen LogP contribution is -2.37. The summed E-state index contributed by atoms with van der Waals surface area (Å²) in [6.45, 7) is 8.55. The van der Waals surface area contributed by atoms with E-state index in [4.69, 9.17) is 14.2 Å². The molecule has 0 aromatic heterocycles. The summed E-state index contributed by atoms with van der Waals surface area (Å²) in [5.74, 6) is 0. The number of nitrogens with zero attached hydrogens (tertiary/aromatic N) is 1. The van der Waals surface area contributed by atoms with E-state index in [0.717, 1.165) is 12.8 Å². The Morgan fingerprint density at radius 2 is 1.76 bits per heavy atom. The summed E-state index contributed by atoms with van der Waals surface area (Å²) in [5.41, 5.74) is 0. The van der Waals surface area contributed by atoms with E-state index in [-0.39, 0.29) is 0 Å². The van der Waals surface area contributed by atoms with Gasteiger partial charge in [0, 0.05) is 20.2 Å². The number of methoxy groups -OCH3 is 1. The van der Waals surface area contributed by atoms with Crippen LogP contribution < -0.4 is 0 Å². The van der Waals surface area contributed by atoms with Gasteiger partial charge in [-0.2, -0.15) is 0 Å². The van der Waals surface area contributed by atoms with E-state index in [0.29, 0.717) is 32.5 Å². The quantitative estimate of drug-likeness (QED) is 0.577. The van der Waals surface area contributed by atoms with Crippen LogP contribution in [0.25, 0.3) is 0 Å². The van der Waals surface area contributed by atoms with Gasteiger partial charge in [-0.25, -0.2) is 0 Å². The number of ether oxygens (including phenoxy) is 3. The Morgan fingerprint density at radius 3 is 2.41 bits per heavy atom. The predicted molar refractivity (Wildman–Crippen MR) is 68.4 cm³/mol. The summed E-state index contributed by atoms with van der Waals surface area (Å²) in [4.78, 5) is 2.52. The van der Waals surface area contributed by atoms with Gasteiger partial charge in [0.2, 0.25) is 0 Å². The lowest BCUT2D eigenvalue weighted by molar-refractivity contribution is -0.0284. The van der Waals surface area contributed by atoms with Gasteiger partial charge in [0.05, 0.1) is 32.5 Å². The van der Waals surface area contributed by atoms with Crippen molar-refractivity contribution >= 4 is 0 Å². The Hall–Kier alpha value is -0.160. The normalized spacial score (nSPS) is 18.7. The third-order valence-electron chi connectivity index (χ3n) is 3.09. The molecule has 1 saturated heterocycles. The molecule has 0 unspecified atom stereocenters. The summed E-state index contributed by atoms with van der Waals surface area (Å²) >= 11 is 0. The van der Waals surface area contributed by atoms with Gasteiger partial charge in [0.15, 0.2) is 0 Å². The first-order valence-electron chi connectivity index (χ1n) is 6.77. The van der Waals surface area contributed by atoms with E-state index in [1.165, 1.54) is 26.1 Å². The molecule has 0 saturated carbocycles. The Balaban J connectivity index is 1.91. The molecule has 0 aliphatic carbocycles. The van der Waals surface area contributed by atoms with Gasteiger partial charge in [-0.3, -0.25) is 0 Å². The summed E-state index contributed by atoms with van der Waals surface area (Å²) in [7, 11) is 1.68. The molecule has 0 radical (unpaired) electrons. The fraction of sp³-hybridized carbons (Fsp3) is 1.00. The molecule has 4 heteroatoms. The van der Waals surface area contributed by atoms with E-state index in [9.17, 15) is 0 Å². The number of hydrogen-bond acceptors (Lipinski definition) is 4. The third-order valence-corrected chi connectivity index (χ3v) is 3.09. The molecular weight excluding hydrogens is 218 g/mol. The fourth-order valence-electron chi connectivity index (χ4n) is 2.13. The van der Waals surface area contributed by atoms with Crippen molar-refractivity contribution in [3.05, 3.63) is 0 Å². The molecule has 102 valence electrons. The molecule has 0 bridgehead atoms. The van der Waals surface area contributed by atoms with Crippen LogP contribution in [0.4, 0.5) is 0 Å². The first-order chi connectivity index (χ1) is 8.36. The number of rotatable bonds is 9. The Labute approximate surface area is 105 Å². The number of likely N-dealkylation sites (tertiary alicyclic amines) is 1. The summed E-state index contributed by atoms with van der Waals surface area (Å²) in [6.07, 6.45) is 4.02. The molecule has 0 aromatic rings. The smallest absolute Gasteiger partial charge is 0.0704 e. The zero-order valence-electron chi connectivity index (χ0n) is 11.3. The molecule has 1 aliphatic heterocycles. The van der Waals surface area contributed by atoms with E-state index in [2.05, 4.69) is 11.8 Å². The average molecular weight is 245 g/mol. The molecule has 1 rings (SSSR count). The molecule has 0 spiro atoms. The number of piperidine rings is 1. The molecule has 0 N–H and O–H groups in total. The molecule has 1 heterocycles. The second kappa shape index (κ2) is 9.83. The predicted octanol–water partition coefficient (Wildman–Crippen LogP) is 1.54. The minimum absolute atomic E-state index is 0.439. The molecule has 0 aromatic carbocycles. The zero-order valence-corrected chi connectivity index (χ0v) is 11.3. The van der Waals surface area contributed by atoms with E-state index >= 15 is 0 Å². The van der Waals surface area contributed by atoms with Crippen LogP contribution in [-0.4, -0.2) is 64.2 Å². The second-order valence-corrected chi connectivity index (χ2v) is 4.52. The van der Waals surface area contributed by atoms with Crippen LogP contribution in [-0.2, 0) is 14.2 Å². The van der Waals surface area contributed by atoms with Crippen molar-refractivity contribution in [2.45, 2.75) is 32.3 Å².